The quantitative estimate of drug-likeness (QED) is 0.222. The van der Waals surface area contributed by atoms with Gasteiger partial charge in [-0.2, -0.15) is 0 Å². The molecule has 2 amide bonds. The predicted molar refractivity (Wildman–Crippen MR) is 162 cm³/mol. The maximum Gasteiger partial charge on any atom is 0.264 e. The molecule has 11 heteroatoms. The normalized spacial score (nSPS) is 11.9. The monoisotopic (exact) mass is 625 g/mol. The molecule has 0 radical (unpaired) electrons. The van der Waals surface area contributed by atoms with Crippen molar-refractivity contribution in [3.63, 3.8) is 0 Å². The van der Waals surface area contributed by atoms with Gasteiger partial charge in [0.1, 0.15) is 24.2 Å². The fraction of sp³-hybridized carbons (Fsp3) is 0.188. The SMILES string of the molecule is CCNC(=O)[C@@H](Cc1ccccc1)N(Cc1ccccc1F)C(=O)CN(c1ccc(F)c(Cl)c1)S(=O)(=O)c1ccccc1. The second-order valence-electron chi connectivity index (χ2n) is 9.64. The number of benzene rings is 4. The molecule has 0 aliphatic rings. The zero-order valence-electron chi connectivity index (χ0n) is 23.3. The molecule has 224 valence electrons. The van der Waals surface area contributed by atoms with Crippen LogP contribution < -0.4 is 9.62 Å². The summed E-state index contributed by atoms with van der Waals surface area (Å²) in [4.78, 5) is 28.7. The molecule has 0 spiro atoms. The van der Waals surface area contributed by atoms with Gasteiger partial charge in [-0.15, -0.1) is 0 Å². The molecular weight excluding hydrogens is 596 g/mol. The summed E-state index contributed by atoms with van der Waals surface area (Å²) in [6, 6.07) is 24.4. The van der Waals surface area contributed by atoms with E-state index >= 15 is 0 Å². The van der Waals surface area contributed by atoms with E-state index in [1.165, 1.54) is 53.4 Å². The Morgan fingerprint density at radius 2 is 1.49 bits per heavy atom. The maximum absolute atomic E-state index is 14.9. The second kappa shape index (κ2) is 14.3. The molecule has 1 N–H and O–H groups in total. The number of nitrogens with one attached hydrogen (secondary N) is 1. The number of carbonyl (C=O) groups is 2. The van der Waals surface area contributed by atoms with Crippen molar-refractivity contribution in [1.29, 1.82) is 0 Å². The minimum absolute atomic E-state index is 0.0629. The molecule has 0 heterocycles. The number of rotatable bonds is 12. The van der Waals surface area contributed by atoms with Gasteiger partial charge in [-0.3, -0.25) is 13.9 Å². The van der Waals surface area contributed by atoms with E-state index in [1.807, 2.05) is 6.07 Å². The van der Waals surface area contributed by atoms with Crippen LogP contribution in [0.2, 0.25) is 5.02 Å². The zero-order chi connectivity index (χ0) is 31.0. The molecular formula is C32H30ClF2N3O4S. The first-order chi connectivity index (χ1) is 20.6. The molecule has 1 atom stereocenters. The van der Waals surface area contributed by atoms with E-state index in [1.54, 1.807) is 43.3 Å². The van der Waals surface area contributed by atoms with E-state index in [4.69, 9.17) is 11.6 Å². The Hall–Kier alpha value is -4.28. The van der Waals surface area contributed by atoms with Crippen LogP contribution in [0.25, 0.3) is 0 Å². The molecule has 4 aromatic rings. The van der Waals surface area contributed by atoms with Crippen LogP contribution in [0, 0.1) is 11.6 Å². The summed E-state index contributed by atoms with van der Waals surface area (Å²) in [5.74, 6) is -2.63. The Kier molecular flexibility index (Phi) is 10.5. The number of likely N-dealkylation sites (N-methyl/N-ethyl adjacent to an activating group) is 1. The lowest BCUT2D eigenvalue weighted by molar-refractivity contribution is -0.140. The summed E-state index contributed by atoms with van der Waals surface area (Å²) >= 11 is 6.01. The van der Waals surface area contributed by atoms with Gasteiger partial charge in [0.25, 0.3) is 10.0 Å². The van der Waals surface area contributed by atoms with Gasteiger partial charge in [0.05, 0.1) is 15.6 Å². The maximum atomic E-state index is 14.9. The van der Waals surface area contributed by atoms with Gasteiger partial charge in [0, 0.05) is 25.1 Å². The first-order valence-electron chi connectivity index (χ1n) is 13.5. The number of carbonyl (C=O) groups excluding carboxylic acids is 2. The van der Waals surface area contributed by atoms with Crippen LogP contribution in [-0.4, -0.2) is 44.3 Å². The molecule has 0 bridgehead atoms. The van der Waals surface area contributed by atoms with Crippen molar-refractivity contribution < 1.29 is 26.8 Å². The lowest BCUT2D eigenvalue weighted by atomic mass is 10.0. The smallest absolute Gasteiger partial charge is 0.264 e. The molecule has 4 rings (SSSR count). The summed E-state index contributed by atoms with van der Waals surface area (Å²) in [5, 5.41) is 2.40. The van der Waals surface area contributed by atoms with E-state index in [0.717, 1.165) is 22.0 Å². The summed E-state index contributed by atoms with van der Waals surface area (Å²) in [6.45, 7) is 0.906. The Balaban J connectivity index is 1.81. The topological polar surface area (TPSA) is 86.8 Å². The van der Waals surface area contributed by atoms with Gasteiger partial charge >= 0.3 is 0 Å². The number of anilines is 1. The lowest BCUT2D eigenvalue weighted by Gasteiger charge is -2.34. The molecule has 0 fully saturated rings. The average Bonchev–Trinajstić information content (AvgIpc) is 3.01. The largest absolute Gasteiger partial charge is 0.355 e. The number of halogens is 3. The van der Waals surface area contributed by atoms with Crippen molar-refractivity contribution in [3.8, 4) is 0 Å². The number of hydrogen-bond donors (Lipinski definition) is 1. The van der Waals surface area contributed by atoms with Gasteiger partial charge in [0.15, 0.2) is 0 Å². The molecule has 0 aromatic heterocycles. The standard InChI is InChI=1S/C32H30ClF2N3O4S/c1-2-36-32(40)30(19-23-11-5-3-6-12-23)37(21-24-13-9-10-16-28(24)34)31(39)22-38(25-17-18-29(35)27(33)20-25)43(41,42)26-14-7-4-8-15-26/h3-18,20,30H,2,19,21-22H2,1H3,(H,36,40)/t30-/m1/s1. The Bertz CT molecular complexity index is 1670. The third kappa shape index (κ3) is 7.77. The summed E-state index contributed by atoms with van der Waals surface area (Å²) in [6.07, 6.45) is 0.0840. The van der Waals surface area contributed by atoms with Gasteiger partial charge in [-0.1, -0.05) is 78.3 Å². The van der Waals surface area contributed by atoms with Crippen molar-refractivity contribution in [2.24, 2.45) is 0 Å². The average molecular weight is 626 g/mol. The first-order valence-corrected chi connectivity index (χ1v) is 15.3. The van der Waals surface area contributed by atoms with E-state index in [-0.39, 0.29) is 40.7 Å². The second-order valence-corrected chi connectivity index (χ2v) is 11.9. The first kappa shape index (κ1) is 31.7. The van der Waals surface area contributed by atoms with Gasteiger partial charge in [-0.05, 0) is 48.9 Å². The fourth-order valence-electron chi connectivity index (χ4n) is 4.54. The van der Waals surface area contributed by atoms with E-state index in [0.29, 0.717) is 0 Å². The highest BCUT2D eigenvalue weighted by molar-refractivity contribution is 7.92. The van der Waals surface area contributed by atoms with Gasteiger partial charge < -0.3 is 10.2 Å². The van der Waals surface area contributed by atoms with E-state index in [9.17, 15) is 26.8 Å². The van der Waals surface area contributed by atoms with Gasteiger partial charge in [-0.25, -0.2) is 17.2 Å². The molecule has 0 aliphatic heterocycles. The van der Waals surface area contributed by atoms with E-state index in [2.05, 4.69) is 5.32 Å². The van der Waals surface area contributed by atoms with E-state index < -0.39 is 46.1 Å². The van der Waals surface area contributed by atoms with Crippen LogP contribution in [0.15, 0.2) is 108 Å². The number of hydrogen-bond acceptors (Lipinski definition) is 4. The Morgan fingerprint density at radius 1 is 0.860 bits per heavy atom. The van der Waals surface area contributed by atoms with Crippen LogP contribution in [0.1, 0.15) is 18.1 Å². The van der Waals surface area contributed by atoms with Crippen LogP contribution in [-0.2, 0) is 32.6 Å². The number of nitrogens with zero attached hydrogens (tertiary/aromatic N) is 2. The highest BCUT2D eigenvalue weighted by Gasteiger charge is 2.35. The highest BCUT2D eigenvalue weighted by atomic mass is 35.5. The summed E-state index contributed by atoms with van der Waals surface area (Å²) in [5.41, 5.74) is 0.816. The molecule has 0 saturated carbocycles. The summed E-state index contributed by atoms with van der Waals surface area (Å²) in [7, 11) is -4.38. The third-order valence-corrected chi connectivity index (χ3v) is 8.80. The van der Waals surface area contributed by atoms with Gasteiger partial charge in [0.2, 0.25) is 11.8 Å². The predicted octanol–water partition coefficient (Wildman–Crippen LogP) is 5.59. The van der Waals surface area contributed by atoms with Crippen molar-refractivity contribution in [1.82, 2.24) is 10.2 Å². The number of amides is 2. The molecule has 43 heavy (non-hydrogen) atoms. The molecule has 4 aromatic carbocycles. The van der Waals surface area contributed by atoms with Crippen LogP contribution in [0.3, 0.4) is 0 Å². The molecule has 7 nitrogen and oxygen atoms in total. The Morgan fingerprint density at radius 3 is 2.12 bits per heavy atom. The minimum atomic E-state index is -4.38. The third-order valence-electron chi connectivity index (χ3n) is 6.72. The number of sulfonamides is 1. The lowest BCUT2D eigenvalue weighted by Crippen LogP contribution is -2.53. The summed E-state index contributed by atoms with van der Waals surface area (Å²) < 4.78 is 57.5. The molecule has 0 aliphatic carbocycles. The Labute approximate surface area is 254 Å². The zero-order valence-corrected chi connectivity index (χ0v) is 24.9. The van der Waals surface area contributed by atoms with Crippen molar-refractivity contribution in [2.45, 2.75) is 30.8 Å². The highest BCUT2D eigenvalue weighted by Crippen LogP contribution is 2.28. The van der Waals surface area contributed by atoms with Crippen LogP contribution >= 0.6 is 11.6 Å². The van der Waals surface area contributed by atoms with Crippen molar-refractivity contribution >= 4 is 39.1 Å². The minimum Gasteiger partial charge on any atom is -0.355 e. The molecule has 0 saturated heterocycles. The molecule has 0 unspecified atom stereocenters. The van der Waals surface area contributed by atoms with Crippen LogP contribution in [0.4, 0.5) is 14.5 Å². The van der Waals surface area contributed by atoms with Crippen LogP contribution in [0.5, 0.6) is 0 Å². The fourth-order valence-corrected chi connectivity index (χ4v) is 6.15. The van der Waals surface area contributed by atoms with Crippen molar-refractivity contribution in [2.75, 3.05) is 17.4 Å². The van der Waals surface area contributed by atoms with Crippen molar-refractivity contribution in [3.05, 3.63) is 131 Å².